The highest BCUT2D eigenvalue weighted by molar-refractivity contribution is 5.99. The van der Waals surface area contributed by atoms with Crippen LogP contribution in [0.25, 0.3) is 10.9 Å². The summed E-state index contributed by atoms with van der Waals surface area (Å²) in [6, 6.07) is 14.8. The number of ether oxygens (including phenoxy) is 1. The number of rotatable bonds is 7. The number of carbonyl (C=O) groups is 3. The molecule has 1 saturated heterocycles. The van der Waals surface area contributed by atoms with Gasteiger partial charge in [0.1, 0.15) is 0 Å². The molecule has 1 fully saturated rings. The number of H-pyrrole nitrogens is 1. The number of nitrogens with one attached hydrogen (secondary N) is 1. The highest BCUT2D eigenvalue weighted by atomic mass is 16.5. The molecule has 0 aliphatic carbocycles. The second kappa shape index (κ2) is 8.31. The van der Waals surface area contributed by atoms with Gasteiger partial charge in [0, 0.05) is 47.7 Å². The quantitative estimate of drug-likeness (QED) is 0.493. The number of Topliss-reactive ketones (excluding diaryl/α,β-unsaturated/α-hetero) is 1. The predicted molar refractivity (Wildman–Crippen MR) is 110 cm³/mol. The number of fused-ring (bicyclic) bond motifs is 1. The second-order valence-corrected chi connectivity index (χ2v) is 7.14. The smallest absolute Gasteiger partial charge is 0.306 e. The molecule has 0 spiro atoms. The van der Waals surface area contributed by atoms with Gasteiger partial charge in [-0.2, -0.15) is 0 Å². The van der Waals surface area contributed by atoms with Crippen molar-refractivity contribution < 1.29 is 19.1 Å². The number of aromatic amines is 1. The lowest BCUT2D eigenvalue weighted by Crippen LogP contribution is -2.23. The zero-order valence-corrected chi connectivity index (χ0v) is 16.0. The van der Waals surface area contributed by atoms with Crippen LogP contribution in [0.2, 0.25) is 0 Å². The van der Waals surface area contributed by atoms with E-state index in [1.54, 1.807) is 29.2 Å². The molecule has 2 heterocycles. The third-order valence-electron chi connectivity index (χ3n) is 5.21. The number of esters is 1. The largest absolute Gasteiger partial charge is 0.457 e. The first-order valence-electron chi connectivity index (χ1n) is 9.76. The normalized spacial score (nSPS) is 13.8. The van der Waals surface area contributed by atoms with Crippen LogP contribution in [0.5, 0.6) is 0 Å². The third-order valence-corrected chi connectivity index (χ3v) is 5.21. The number of benzene rings is 2. The number of hydrogen-bond donors (Lipinski definition) is 1. The van der Waals surface area contributed by atoms with Gasteiger partial charge in [-0.15, -0.1) is 0 Å². The molecule has 1 amide bonds. The van der Waals surface area contributed by atoms with Crippen molar-refractivity contribution in [3.05, 3.63) is 65.9 Å². The topological polar surface area (TPSA) is 79.5 Å². The van der Waals surface area contributed by atoms with Crippen molar-refractivity contribution in [3.8, 4) is 0 Å². The van der Waals surface area contributed by atoms with Crippen molar-refractivity contribution in [1.82, 2.24) is 4.98 Å². The van der Waals surface area contributed by atoms with Crippen molar-refractivity contribution >= 4 is 34.3 Å². The molecular formula is C23H22N2O4. The summed E-state index contributed by atoms with van der Waals surface area (Å²) in [7, 11) is 0. The average molecular weight is 390 g/mol. The molecule has 148 valence electrons. The van der Waals surface area contributed by atoms with E-state index in [0.29, 0.717) is 24.9 Å². The van der Waals surface area contributed by atoms with Gasteiger partial charge in [0.2, 0.25) is 5.91 Å². The van der Waals surface area contributed by atoms with Crippen LogP contribution in [-0.2, 0) is 20.7 Å². The fourth-order valence-corrected chi connectivity index (χ4v) is 3.63. The minimum Gasteiger partial charge on any atom is -0.457 e. The van der Waals surface area contributed by atoms with Crippen molar-refractivity contribution in [2.24, 2.45) is 0 Å². The molecule has 2 aromatic carbocycles. The van der Waals surface area contributed by atoms with Gasteiger partial charge in [-0.25, -0.2) is 0 Å². The number of para-hydroxylation sites is 1. The number of nitrogens with zero attached hydrogens (tertiary/aromatic N) is 1. The Morgan fingerprint density at radius 3 is 2.62 bits per heavy atom. The first kappa shape index (κ1) is 18.9. The Balaban J connectivity index is 1.27. The molecule has 3 aromatic rings. The Kier molecular flexibility index (Phi) is 5.42. The van der Waals surface area contributed by atoms with Crippen LogP contribution in [0.15, 0.2) is 54.7 Å². The van der Waals surface area contributed by atoms with Crippen LogP contribution in [-0.4, -0.2) is 35.8 Å². The lowest BCUT2D eigenvalue weighted by atomic mass is 10.1. The third kappa shape index (κ3) is 4.21. The van der Waals surface area contributed by atoms with E-state index in [1.165, 1.54) is 0 Å². The summed E-state index contributed by atoms with van der Waals surface area (Å²) < 4.78 is 5.15. The van der Waals surface area contributed by atoms with E-state index < -0.39 is 5.97 Å². The van der Waals surface area contributed by atoms with Crippen LogP contribution in [0.4, 0.5) is 5.69 Å². The SMILES string of the molecule is O=C(CCc1c[nH]c2ccccc12)OCC(=O)c1ccc(N2CCCC2=O)cc1. The Morgan fingerprint density at radius 2 is 1.86 bits per heavy atom. The van der Waals surface area contributed by atoms with Crippen LogP contribution in [0.3, 0.4) is 0 Å². The minimum atomic E-state index is -0.400. The summed E-state index contributed by atoms with van der Waals surface area (Å²) in [5, 5.41) is 1.09. The van der Waals surface area contributed by atoms with Crippen molar-refractivity contribution in [2.75, 3.05) is 18.1 Å². The van der Waals surface area contributed by atoms with E-state index in [1.807, 2.05) is 30.5 Å². The van der Waals surface area contributed by atoms with E-state index in [2.05, 4.69) is 4.98 Å². The Labute approximate surface area is 168 Å². The maximum atomic E-state index is 12.3. The van der Waals surface area contributed by atoms with Crippen molar-refractivity contribution in [1.29, 1.82) is 0 Å². The van der Waals surface area contributed by atoms with Gasteiger partial charge in [0.05, 0.1) is 0 Å². The molecule has 0 radical (unpaired) electrons. The zero-order valence-electron chi connectivity index (χ0n) is 16.0. The second-order valence-electron chi connectivity index (χ2n) is 7.14. The monoisotopic (exact) mass is 390 g/mol. The summed E-state index contributed by atoms with van der Waals surface area (Å²) in [5.74, 6) is -0.555. The lowest BCUT2D eigenvalue weighted by molar-refractivity contribution is -0.142. The van der Waals surface area contributed by atoms with E-state index >= 15 is 0 Å². The van der Waals surface area contributed by atoms with Crippen LogP contribution in [0.1, 0.15) is 35.2 Å². The average Bonchev–Trinajstić information content (AvgIpc) is 3.36. The van der Waals surface area contributed by atoms with Gasteiger partial charge in [0.15, 0.2) is 12.4 Å². The molecule has 0 unspecified atom stereocenters. The molecule has 1 N–H and O–H groups in total. The number of hydrogen-bond acceptors (Lipinski definition) is 4. The molecule has 0 saturated carbocycles. The molecule has 1 aliphatic rings. The summed E-state index contributed by atoms with van der Waals surface area (Å²) in [6.07, 6.45) is 4.08. The Morgan fingerprint density at radius 1 is 1.07 bits per heavy atom. The van der Waals surface area contributed by atoms with Gasteiger partial charge in [-0.3, -0.25) is 14.4 Å². The highest BCUT2D eigenvalue weighted by Crippen LogP contribution is 2.22. The maximum Gasteiger partial charge on any atom is 0.306 e. The number of aromatic nitrogens is 1. The summed E-state index contributed by atoms with van der Waals surface area (Å²) in [5.41, 5.74) is 3.34. The fraction of sp³-hybridized carbons (Fsp3) is 0.261. The lowest BCUT2D eigenvalue weighted by Gasteiger charge is -2.15. The molecule has 1 aliphatic heterocycles. The van der Waals surface area contributed by atoms with Crippen molar-refractivity contribution in [3.63, 3.8) is 0 Å². The Bertz CT molecular complexity index is 1050. The highest BCUT2D eigenvalue weighted by Gasteiger charge is 2.21. The number of carbonyl (C=O) groups excluding carboxylic acids is 3. The molecule has 4 rings (SSSR count). The van der Waals surface area contributed by atoms with E-state index in [-0.39, 0.29) is 24.7 Å². The molecule has 0 bridgehead atoms. The first-order valence-corrected chi connectivity index (χ1v) is 9.76. The molecule has 29 heavy (non-hydrogen) atoms. The van der Waals surface area contributed by atoms with Crippen LogP contribution >= 0.6 is 0 Å². The van der Waals surface area contributed by atoms with Crippen molar-refractivity contribution in [2.45, 2.75) is 25.7 Å². The van der Waals surface area contributed by atoms with Gasteiger partial charge < -0.3 is 14.6 Å². The van der Waals surface area contributed by atoms with Crippen LogP contribution < -0.4 is 4.90 Å². The van der Waals surface area contributed by atoms with Gasteiger partial charge in [-0.05, 0) is 48.7 Å². The molecule has 6 heteroatoms. The summed E-state index contributed by atoms with van der Waals surface area (Å²) in [6.45, 7) is 0.425. The van der Waals surface area contributed by atoms with Gasteiger partial charge in [0.25, 0.3) is 0 Å². The molecule has 6 nitrogen and oxygen atoms in total. The fourth-order valence-electron chi connectivity index (χ4n) is 3.63. The predicted octanol–water partition coefficient (Wildman–Crippen LogP) is 3.65. The van der Waals surface area contributed by atoms with E-state index in [9.17, 15) is 14.4 Å². The van der Waals surface area contributed by atoms with Crippen LogP contribution in [0, 0.1) is 0 Å². The Hall–Kier alpha value is -3.41. The number of amides is 1. The molecular weight excluding hydrogens is 368 g/mol. The minimum absolute atomic E-state index is 0.105. The molecule has 1 aromatic heterocycles. The number of ketones is 1. The summed E-state index contributed by atoms with van der Waals surface area (Å²) in [4.78, 5) is 41.0. The molecule has 0 atom stereocenters. The standard InChI is InChI=1S/C23H22N2O4/c26-21(16-7-10-18(11-8-16)25-13-3-6-22(25)27)15-29-23(28)12-9-17-14-24-20-5-2-1-4-19(17)20/h1-2,4-5,7-8,10-11,14,24H,3,6,9,12-13,15H2. The number of aryl methyl sites for hydroxylation is 1. The summed E-state index contributed by atoms with van der Waals surface area (Å²) >= 11 is 0. The zero-order chi connectivity index (χ0) is 20.2. The first-order chi connectivity index (χ1) is 14.1. The number of anilines is 1. The van der Waals surface area contributed by atoms with Gasteiger partial charge >= 0.3 is 5.97 Å². The van der Waals surface area contributed by atoms with E-state index in [0.717, 1.165) is 28.6 Å². The van der Waals surface area contributed by atoms with E-state index in [4.69, 9.17) is 4.74 Å². The van der Waals surface area contributed by atoms with Gasteiger partial charge in [-0.1, -0.05) is 18.2 Å². The maximum absolute atomic E-state index is 12.3.